The van der Waals surface area contributed by atoms with Gasteiger partial charge in [-0.15, -0.1) is 0 Å². The Morgan fingerprint density at radius 2 is 2.27 bits per heavy atom. The number of nitrogens with zero attached hydrogens (tertiary/aromatic N) is 2. The van der Waals surface area contributed by atoms with Crippen molar-refractivity contribution in [2.24, 2.45) is 0 Å². The van der Waals surface area contributed by atoms with Crippen LogP contribution in [-0.4, -0.2) is 47.6 Å². The quantitative estimate of drug-likeness (QED) is 0.685. The third kappa shape index (κ3) is 4.63. The predicted molar refractivity (Wildman–Crippen MR) is 113 cm³/mol. The molecule has 0 bridgehead atoms. The number of carbonyl (C=O) groups excluding carboxylic acids is 1. The number of benzene rings is 1. The number of nitrogens with one attached hydrogen (secondary N) is 2. The monoisotopic (exact) mass is 412 g/mol. The van der Waals surface area contributed by atoms with E-state index in [9.17, 15) is 9.18 Å². The maximum atomic E-state index is 13.2. The highest BCUT2D eigenvalue weighted by Crippen LogP contribution is 2.32. The fraction of sp³-hybridized carbons (Fsp3) is 0.478. The van der Waals surface area contributed by atoms with Gasteiger partial charge in [-0.25, -0.2) is 4.39 Å². The van der Waals surface area contributed by atoms with Gasteiger partial charge >= 0.3 is 0 Å². The van der Waals surface area contributed by atoms with E-state index in [4.69, 9.17) is 4.74 Å². The number of ether oxygens (including phenoxy) is 1. The average Bonchev–Trinajstić information content (AvgIpc) is 3.40. The summed E-state index contributed by atoms with van der Waals surface area (Å²) in [5.74, 6) is 0.653. The third-order valence-electron chi connectivity index (χ3n) is 6.12. The van der Waals surface area contributed by atoms with E-state index in [0.29, 0.717) is 31.1 Å². The van der Waals surface area contributed by atoms with Crippen LogP contribution in [0.15, 0.2) is 42.7 Å². The fourth-order valence-corrected chi connectivity index (χ4v) is 4.67. The highest BCUT2D eigenvalue weighted by Gasteiger charge is 2.41. The highest BCUT2D eigenvalue weighted by atomic mass is 19.1. The van der Waals surface area contributed by atoms with Crippen LogP contribution >= 0.6 is 0 Å². The Balaban J connectivity index is 1.33. The molecule has 2 aromatic rings. The van der Waals surface area contributed by atoms with E-state index in [1.807, 2.05) is 17.3 Å². The zero-order valence-corrected chi connectivity index (χ0v) is 17.3. The molecule has 2 fully saturated rings. The minimum atomic E-state index is -0.319. The first-order valence-corrected chi connectivity index (χ1v) is 10.7. The molecule has 2 N–H and O–H groups in total. The minimum Gasteiger partial charge on any atom is -0.493 e. The molecule has 3 heterocycles. The number of likely N-dealkylation sites (tertiary alicyclic amines) is 1. The zero-order valence-electron chi connectivity index (χ0n) is 17.3. The minimum absolute atomic E-state index is 0.166. The molecule has 0 aliphatic carbocycles. The summed E-state index contributed by atoms with van der Waals surface area (Å²) in [5, 5.41) is 0. The van der Waals surface area contributed by atoms with Crippen molar-refractivity contribution in [3.8, 4) is 5.75 Å². The Kier molecular flexibility index (Phi) is 6.59. The molecule has 3 atom stereocenters. The standard InChI is InChI=1S/C23H29FN4O2/c1-16-14-25-10-9-19(16)20-15-26-27-23(20)21-7-3-11-28(21)22(29)8-4-12-30-18-6-2-5-17(24)13-18/h2,5-6,9-10,13-14,20-21,23,26-27H,3-4,7-8,11-12,15H2,1H3. The molecular formula is C23H29FN4O2. The summed E-state index contributed by atoms with van der Waals surface area (Å²) < 4.78 is 18.8. The maximum absolute atomic E-state index is 13.2. The number of rotatable bonds is 7. The molecule has 0 saturated carbocycles. The van der Waals surface area contributed by atoms with Gasteiger partial charge in [0, 0.05) is 56.0 Å². The molecule has 160 valence electrons. The Labute approximate surface area is 176 Å². The van der Waals surface area contributed by atoms with Crippen molar-refractivity contribution in [2.75, 3.05) is 19.7 Å². The van der Waals surface area contributed by atoms with Gasteiger partial charge in [0.2, 0.25) is 5.91 Å². The van der Waals surface area contributed by atoms with Gasteiger partial charge in [0.05, 0.1) is 6.61 Å². The Bertz CT molecular complexity index is 878. The van der Waals surface area contributed by atoms with Crippen LogP contribution < -0.4 is 15.6 Å². The van der Waals surface area contributed by atoms with Gasteiger partial charge in [-0.2, -0.15) is 0 Å². The molecule has 4 rings (SSSR count). The lowest BCUT2D eigenvalue weighted by Crippen LogP contribution is -2.50. The number of hydrogen-bond acceptors (Lipinski definition) is 5. The van der Waals surface area contributed by atoms with Crippen molar-refractivity contribution < 1.29 is 13.9 Å². The first-order valence-electron chi connectivity index (χ1n) is 10.7. The van der Waals surface area contributed by atoms with Crippen molar-refractivity contribution in [2.45, 2.75) is 50.6 Å². The molecule has 2 aliphatic heterocycles. The summed E-state index contributed by atoms with van der Waals surface area (Å²) in [4.78, 5) is 19.2. The van der Waals surface area contributed by atoms with Gasteiger partial charge in [-0.1, -0.05) is 6.07 Å². The summed E-state index contributed by atoms with van der Waals surface area (Å²) in [5.41, 5.74) is 9.20. The van der Waals surface area contributed by atoms with Crippen LogP contribution in [0.3, 0.4) is 0 Å². The van der Waals surface area contributed by atoms with Crippen LogP contribution in [0, 0.1) is 12.7 Å². The van der Waals surface area contributed by atoms with Crippen LogP contribution in [0.1, 0.15) is 42.7 Å². The van der Waals surface area contributed by atoms with E-state index in [1.54, 1.807) is 12.1 Å². The molecule has 7 heteroatoms. The van der Waals surface area contributed by atoms with Crippen LogP contribution in [0.2, 0.25) is 0 Å². The van der Waals surface area contributed by atoms with E-state index in [0.717, 1.165) is 25.9 Å². The molecule has 1 amide bonds. The smallest absolute Gasteiger partial charge is 0.223 e. The van der Waals surface area contributed by atoms with Crippen molar-refractivity contribution in [1.82, 2.24) is 20.7 Å². The molecule has 2 aliphatic rings. The van der Waals surface area contributed by atoms with Gasteiger partial charge in [-0.3, -0.25) is 20.6 Å². The number of halogens is 1. The van der Waals surface area contributed by atoms with Gasteiger partial charge in [0.1, 0.15) is 11.6 Å². The number of hydrazine groups is 1. The molecule has 6 nitrogen and oxygen atoms in total. The topological polar surface area (TPSA) is 66.5 Å². The summed E-state index contributed by atoms with van der Waals surface area (Å²) in [7, 11) is 0. The van der Waals surface area contributed by atoms with Gasteiger partial charge < -0.3 is 9.64 Å². The zero-order chi connectivity index (χ0) is 20.9. The average molecular weight is 413 g/mol. The van der Waals surface area contributed by atoms with Crippen LogP contribution in [0.4, 0.5) is 4.39 Å². The van der Waals surface area contributed by atoms with Crippen LogP contribution in [0.25, 0.3) is 0 Å². The second-order valence-electron chi connectivity index (χ2n) is 8.10. The molecule has 0 radical (unpaired) electrons. The Morgan fingerprint density at radius 1 is 1.37 bits per heavy atom. The molecular weight excluding hydrogens is 383 g/mol. The van der Waals surface area contributed by atoms with Crippen LogP contribution in [-0.2, 0) is 4.79 Å². The molecule has 1 aromatic carbocycles. The van der Waals surface area contributed by atoms with Crippen molar-refractivity contribution in [3.05, 3.63) is 59.7 Å². The highest BCUT2D eigenvalue weighted by molar-refractivity contribution is 5.77. The summed E-state index contributed by atoms with van der Waals surface area (Å²) in [6.07, 6.45) is 6.82. The third-order valence-corrected chi connectivity index (χ3v) is 6.12. The molecule has 0 spiro atoms. The molecule has 3 unspecified atom stereocenters. The Morgan fingerprint density at radius 3 is 3.10 bits per heavy atom. The van der Waals surface area contributed by atoms with Gasteiger partial charge in [0.25, 0.3) is 0 Å². The molecule has 30 heavy (non-hydrogen) atoms. The number of aromatic nitrogens is 1. The lowest BCUT2D eigenvalue weighted by molar-refractivity contribution is -0.132. The van der Waals surface area contributed by atoms with Gasteiger partial charge in [-0.05, 0) is 55.5 Å². The second kappa shape index (κ2) is 9.53. The van der Waals surface area contributed by atoms with E-state index < -0.39 is 0 Å². The second-order valence-corrected chi connectivity index (χ2v) is 8.10. The van der Waals surface area contributed by atoms with Crippen molar-refractivity contribution in [1.29, 1.82) is 0 Å². The number of hydrogen-bond donors (Lipinski definition) is 2. The summed E-state index contributed by atoms with van der Waals surface area (Å²) >= 11 is 0. The van der Waals surface area contributed by atoms with E-state index in [1.165, 1.54) is 23.3 Å². The summed E-state index contributed by atoms with van der Waals surface area (Å²) in [6.45, 7) is 4.13. The maximum Gasteiger partial charge on any atom is 0.223 e. The number of pyridine rings is 1. The predicted octanol–water partition coefficient (Wildman–Crippen LogP) is 2.94. The lowest BCUT2D eigenvalue weighted by Gasteiger charge is -2.33. The van der Waals surface area contributed by atoms with Crippen LogP contribution in [0.5, 0.6) is 5.75 Å². The van der Waals surface area contributed by atoms with E-state index >= 15 is 0 Å². The van der Waals surface area contributed by atoms with Crippen molar-refractivity contribution >= 4 is 5.91 Å². The largest absolute Gasteiger partial charge is 0.493 e. The van der Waals surface area contributed by atoms with Gasteiger partial charge in [0.15, 0.2) is 0 Å². The molecule has 1 aromatic heterocycles. The first kappa shape index (κ1) is 20.8. The first-order chi connectivity index (χ1) is 14.6. The van der Waals surface area contributed by atoms with Crippen molar-refractivity contribution in [3.63, 3.8) is 0 Å². The molecule has 2 saturated heterocycles. The number of amides is 1. The number of carbonyl (C=O) groups is 1. The Hall–Kier alpha value is -2.51. The SMILES string of the molecule is Cc1cnccc1C1CNNC1C1CCCN1C(=O)CCCOc1cccc(F)c1. The van der Waals surface area contributed by atoms with E-state index in [-0.39, 0.29) is 23.8 Å². The van der Waals surface area contributed by atoms with E-state index in [2.05, 4.69) is 28.8 Å². The summed E-state index contributed by atoms with van der Waals surface area (Å²) in [6, 6.07) is 8.53. The normalized spacial score (nSPS) is 23.7. The fourth-order valence-electron chi connectivity index (χ4n) is 4.67. The number of aryl methyl sites for hydroxylation is 1. The lowest BCUT2D eigenvalue weighted by atomic mass is 9.86.